The average Bonchev–Trinajstić information content (AvgIpc) is 2.99. The van der Waals surface area contributed by atoms with E-state index in [4.69, 9.17) is 5.11 Å². The molecule has 6 heteroatoms. The van der Waals surface area contributed by atoms with Crippen LogP contribution < -0.4 is 10.6 Å². The van der Waals surface area contributed by atoms with E-state index in [-0.39, 0.29) is 5.91 Å². The standard InChI is InChI=1S/C12H16N2O3S/c1-7(12(16)17)14-11(15)10-5-4-9(18-10)8-3-2-6-13-8/h4-5,7-8,13H,2-3,6H2,1H3,(H,14,15)(H,16,17). The quantitative estimate of drug-likeness (QED) is 0.771. The molecule has 1 aliphatic rings. The van der Waals surface area contributed by atoms with Crippen LogP contribution in [0.1, 0.15) is 40.4 Å². The number of hydrogen-bond donors (Lipinski definition) is 3. The van der Waals surface area contributed by atoms with E-state index in [0.717, 1.165) is 24.3 Å². The van der Waals surface area contributed by atoms with E-state index in [0.29, 0.717) is 10.9 Å². The molecule has 1 aromatic heterocycles. The molecule has 0 aromatic carbocycles. The summed E-state index contributed by atoms with van der Waals surface area (Å²) in [6, 6.07) is 3.17. The summed E-state index contributed by atoms with van der Waals surface area (Å²) in [5.41, 5.74) is 0. The second kappa shape index (κ2) is 5.49. The van der Waals surface area contributed by atoms with E-state index in [1.807, 2.05) is 6.07 Å². The molecule has 0 radical (unpaired) electrons. The van der Waals surface area contributed by atoms with Crippen LogP contribution in [0.5, 0.6) is 0 Å². The minimum atomic E-state index is -1.03. The summed E-state index contributed by atoms with van der Waals surface area (Å²) >= 11 is 1.42. The molecule has 5 nitrogen and oxygen atoms in total. The summed E-state index contributed by atoms with van der Waals surface area (Å²) in [4.78, 5) is 24.2. The molecule has 3 N–H and O–H groups in total. The first kappa shape index (κ1) is 13.0. The number of carbonyl (C=O) groups excluding carboxylic acids is 1. The molecule has 1 aliphatic heterocycles. The van der Waals surface area contributed by atoms with Gasteiger partial charge in [0, 0.05) is 10.9 Å². The smallest absolute Gasteiger partial charge is 0.325 e. The minimum absolute atomic E-state index is 0.320. The Morgan fingerprint density at radius 2 is 2.33 bits per heavy atom. The lowest BCUT2D eigenvalue weighted by atomic mass is 10.2. The maximum Gasteiger partial charge on any atom is 0.325 e. The monoisotopic (exact) mass is 268 g/mol. The van der Waals surface area contributed by atoms with Crippen molar-refractivity contribution in [2.45, 2.75) is 31.8 Å². The van der Waals surface area contributed by atoms with Crippen molar-refractivity contribution in [2.24, 2.45) is 0 Å². The van der Waals surface area contributed by atoms with Crippen LogP contribution in [0, 0.1) is 0 Å². The molecule has 2 heterocycles. The number of carboxylic acid groups (broad SMARTS) is 1. The van der Waals surface area contributed by atoms with Crippen molar-refractivity contribution in [3.05, 3.63) is 21.9 Å². The van der Waals surface area contributed by atoms with Gasteiger partial charge in [0.05, 0.1) is 4.88 Å². The maximum absolute atomic E-state index is 11.8. The maximum atomic E-state index is 11.8. The van der Waals surface area contributed by atoms with Crippen molar-refractivity contribution in [2.75, 3.05) is 6.54 Å². The van der Waals surface area contributed by atoms with Gasteiger partial charge in [0.2, 0.25) is 0 Å². The Labute approximate surface area is 109 Å². The second-order valence-corrected chi connectivity index (χ2v) is 5.50. The molecule has 1 amide bonds. The van der Waals surface area contributed by atoms with Gasteiger partial charge in [0.15, 0.2) is 0 Å². The van der Waals surface area contributed by atoms with Gasteiger partial charge in [-0.15, -0.1) is 11.3 Å². The largest absolute Gasteiger partial charge is 0.480 e. The normalized spacial score (nSPS) is 20.6. The predicted octanol–water partition coefficient (Wildman–Crippen LogP) is 1.38. The highest BCUT2D eigenvalue weighted by atomic mass is 32.1. The summed E-state index contributed by atoms with van der Waals surface area (Å²) in [5.74, 6) is -1.35. The van der Waals surface area contributed by atoms with Gasteiger partial charge in [-0.2, -0.15) is 0 Å². The first-order valence-electron chi connectivity index (χ1n) is 5.94. The van der Waals surface area contributed by atoms with Crippen LogP contribution in [-0.2, 0) is 4.79 Å². The Bertz CT molecular complexity index is 452. The zero-order valence-electron chi connectivity index (χ0n) is 10.1. The summed E-state index contributed by atoms with van der Waals surface area (Å²) in [6.45, 7) is 2.47. The van der Waals surface area contributed by atoms with Crippen molar-refractivity contribution in [3.63, 3.8) is 0 Å². The SMILES string of the molecule is CC(NC(=O)c1ccc(C2CCCN2)s1)C(=O)O. The molecule has 1 aromatic rings. The molecule has 2 atom stereocenters. The number of thiophene rings is 1. The van der Waals surface area contributed by atoms with Gasteiger partial charge in [0.25, 0.3) is 5.91 Å². The Morgan fingerprint density at radius 3 is 2.94 bits per heavy atom. The van der Waals surface area contributed by atoms with Crippen LogP contribution in [-0.4, -0.2) is 29.6 Å². The van der Waals surface area contributed by atoms with Crippen LogP contribution in [0.15, 0.2) is 12.1 Å². The Morgan fingerprint density at radius 1 is 1.56 bits per heavy atom. The highest BCUT2D eigenvalue weighted by Crippen LogP contribution is 2.29. The van der Waals surface area contributed by atoms with Gasteiger partial charge in [-0.05, 0) is 38.4 Å². The number of carbonyl (C=O) groups is 2. The van der Waals surface area contributed by atoms with Gasteiger partial charge in [0.1, 0.15) is 6.04 Å². The summed E-state index contributed by atoms with van der Waals surface area (Å²) < 4.78 is 0. The minimum Gasteiger partial charge on any atom is -0.480 e. The van der Waals surface area contributed by atoms with E-state index < -0.39 is 12.0 Å². The van der Waals surface area contributed by atoms with Crippen LogP contribution in [0.2, 0.25) is 0 Å². The molecule has 0 saturated carbocycles. The summed E-state index contributed by atoms with van der Waals surface area (Å²) in [5, 5.41) is 14.6. The number of amides is 1. The first-order chi connectivity index (χ1) is 8.58. The third-order valence-corrected chi connectivity index (χ3v) is 4.17. The molecule has 2 rings (SSSR count). The lowest BCUT2D eigenvalue weighted by Crippen LogP contribution is -2.37. The van der Waals surface area contributed by atoms with Crippen LogP contribution in [0.25, 0.3) is 0 Å². The molecule has 18 heavy (non-hydrogen) atoms. The lowest BCUT2D eigenvalue weighted by Gasteiger charge is -2.08. The van der Waals surface area contributed by atoms with Crippen molar-refractivity contribution < 1.29 is 14.7 Å². The molecule has 98 valence electrons. The lowest BCUT2D eigenvalue weighted by molar-refractivity contribution is -0.138. The highest BCUT2D eigenvalue weighted by molar-refractivity contribution is 7.14. The predicted molar refractivity (Wildman–Crippen MR) is 68.9 cm³/mol. The molecule has 0 aliphatic carbocycles. The Kier molecular flexibility index (Phi) is 3.98. The molecular formula is C12H16N2O3S. The van der Waals surface area contributed by atoms with E-state index in [9.17, 15) is 9.59 Å². The molecule has 1 saturated heterocycles. The van der Waals surface area contributed by atoms with Crippen molar-refractivity contribution in [1.29, 1.82) is 0 Å². The average molecular weight is 268 g/mol. The fourth-order valence-electron chi connectivity index (χ4n) is 1.92. The van der Waals surface area contributed by atoms with Gasteiger partial charge < -0.3 is 15.7 Å². The van der Waals surface area contributed by atoms with Crippen LogP contribution in [0.3, 0.4) is 0 Å². The second-order valence-electron chi connectivity index (χ2n) is 4.38. The zero-order chi connectivity index (χ0) is 13.1. The topological polar surface area (TPSA) is 78.4 Å². The van der Waals surface area contributed by atoms with Crippen molar-refractivity contribution in [3.8, 4) is 0 Å². The third-order valence-electron chi connectivity index (χ3n) is 2.97. The fourth-order valence-corrected chi connectivity index (χ4v) is 2.94. The molecular weight excluding hydrogens is 252 g/mol. The van der Waals surface area contributed by atoms with E-state index in [1.54, 1.807) is 6.07 Å². The van der Waals surface area contributed by atoms with Crippen molar-refractivity contribution in [1.82, 2.24) is 10.6 Å². The van der Waals surface area contributed by atoms with Crippen LogP contribution >= 0.6 is 11.3 Å². The van der Waals surface area contributed by atoms with E-state index in [1.165, 1.54) is 18.3 Å². The third kappa shape index (κ3) is 2.88. The summed E-state index contributed by atoms with van der Waals surface area (Å²) in [6.07, 6.45) is 2.24. The van der Waals surface area contributed by atoms with Gasteiger partial charge in [-0.3, -0.25) is 9.59 Å². The van der Waals surface area contributed by atoms with Crippen LogP contribution in [0.4, 0.5) is 0 Å². The number of rotatable bonds is 4. The molecule has 0 bridgehead atoms. The fraction of sp³-hybridized carbons (Fsp3) is 0.500. The number of hydrogen-bond acceptors (Lipinski definition) is 4. The van der Waals surface area contributed by atoms with Gasteiger partial charge in [-0.25, -0.2) is 0 Å². The Hall–Kier alpha value is -1.40. The Balaban J connectivity index is 2.00. The zero-order valence-corrected chi connectivity index (χ0v) is 10.9. The number of nitrogens with one attached hydrogen (secondary N) is 2. The molecule has 1 fully saturated rings. The van der Waals surface area contributed by atoms with E-state index >= 15 is 0 Å². The number of aliphatic carboxylic acids is 1. The number of carboxylic acids is 1. The molecule has 2 unspecified atom stereocenters. The first-order valence-corrected chi connectivity index (χ1v) is 6.76. The van der Waals surface area contributed by atoms with Gasteiger partial charge >= 0.3 is 5.97 Å². The van der Waals surface area contributed by atoms with Gasteiger partial charge in [-0.1, -0.05) is 0 Å². The highest BCUT2D eigenvalue weighted by Gasteiger charge is 2.21. The van der Waals surface area contributed by atoms with Crippen molar-refractivity contribution >= 4 is 23.2 Å². The summed E-state index contributed by atoms with van der Waals surface area (Å²) in [7, 11) is 0. The molecule has 0 spiro atoms. The van der Waals surface area contributed by atoms with E-state index in [2.05, 4.69) is 10.6 Å².